The second-order valence-electron chi connectivity index (χ2n) is 10.1. The maximum atomic E-state index is 10.2. The monoisotopic (exact) mass is 1490 g/mol. The molecule has 0 saturated heterocycles. The smallest absolute Gasteiger partial charge is 0.221 e. The van der Waals surface area contributed by atoms with E-state index in [1.807, 2.05) is 53.7 Å². The van der Waals surface area contributed by atoms with Crippen molar-refractivity contribution in [1.29, 1.82) is 0 Å². The molecule has 2 amide bonds. The maximum Gasteiger partial charge on any atom is 0.221 e. The summed E-state index contributed by atoms with van der Waals surface area (Å²) in [5.41, 5.74) is 0. The Kier molecular flexibility index (Phi) is 51.5. The zero-order valence-electron chi connectivity index (χ0n) is 31.2. The van der Waals surface area contributed by atoms with Crippen LogP contribution in [0.5, 0.6) is 0 Å². The predicted octanol–water partition coefficient (Wildman–Crippen LogP) is 16.9. The molecule has 6 aromatic rings. The third-order valence-electron chi connectivity index (χ3n) is 6.14. The van der Waals surface area contributed by atoms with Crippen LogP contribution in [-0.2, 0) is 29.1 Å². The van der Waals surface area contributed by atoms with Crippen molar-refractivity contribution in [3.8, 4) is 0 Å². The molecule has 0 saturated carbocycles. The van der Waals surface area contributed by atoms with Crippen LogP contribution in [0.15, 0.2) is 190 Å². The van der Waals surface area contributed by atoms with Crippen molar-refractivity contribution in [3.63, 3.8) is 0 Å². The first-order valence-corrected chi connectivity index (χ1v) is 25.1. The van der Waals surface area contributed by atoms with Crippen LogP contribution in [0.2, 0.25) is 0 Å². The molecule has 7 nitrogen and oxygen atoms in total. The molecule has 3 aromatic carbocycles. The summed E-state index contributed by atoms with van der Waals surface area (Å²) in [5.74, 6) is 1.16. The molecule has 0 aliphatic heterocycles. The Morgan fingerprint density at radius 3 is 0.984 bits per heavy atom. The van der Waals surface area contributed by atoms with Gasteiger partial charge in [-0.1, -0.05) is 139 Å². The van der Waals surface area contributed by atoms with Crippen molar-refractivity contribution in [2.24, 2.45) is 0 Å². The third kappa shape index (κ3) is 37.0. The second-order valence-corrected chi connectivity index (χ2v) is 29.9. The minimum Gasteiger partial charge on any atom is -0.305 e. The number of carbonyl (C=O) groups excluding carboxylic acids is 2. The van der Waals surface area contributed by atoms with Gasteiger partial charge in [0.1, 0.15) is 11.6 Å². The van der Waals surface area contributed by atoms with Crippen molar-refractivity contribution >= 4 is 199 Å². The van der Waals surface area contributed by atoms with E-state index in [2.05, 4.69) is 233 Å². The molecule has 0 spiro atoms. The number of halogens is 10. The number of aromatic nitrogens is 3. The molecule has 64 heavy (non-hydrogen) atoms. The Morgan fingerprint density at radius 1 is 0.500 bits per heavy atom. The van der Waals surface area contributed by atoms with E-state index in [1.165, 1.54) is 22.1 Å². The van der Waals surface area contributed by atoms with Gasteiger partial charge in [0.25, 0.3) is 0 Å². The van der Waals surface area contributed by atoms with E-state index in [9.17, 15) is 9.59 Å². The molecule has 0 N–H and O–H groups in total. The molecule has 6 rings (SSSR count). The molecule has 0 aliphatic carbocycles. The maximum absolute atomic E-state index is 10.2. The Morgan fingerprint density at radius 2 is 0.766 bits per heavy atom. The van der Waals surface area contributed by atoms with Crippen LogP contribution in [-0.4, -0.2) is 34.2 Å². The number of rotatable bonds is 9. The van der Waals surface area contributed by atoms with E-state index in [0.717, 1.165) is 17.5 Å². The number of hydrogen-bond acceptors (Lipinski definition) is 6. The molecule has 0 aliphatic rings. The van der Waals surface area contributed by atoms with Crippen LogP contribution >= 0.6 is 159 Å². The van der Waals surface area contributed by atoms with E-state index >= 15 is 0 Å². The summed E-state index contributed by atoms with van der Waals surface area (Å²) >= 11 is 35.3. The molecular weight excluding hydrogens is 1450 g/mol. The van der Waals surface area contributed by atoms with Crippen LogP contribution in [0.4, 0.5) is 11.6 Å². The van der Waals surface area contributed by atoms with Crippen molar-refractivity contribution in [3.05, 3.63) is 190 Å². The summed E-state index contributed by atoms with van der Waals surface area (Å²) in [6.45, 7) is 0. The first kappa shape index (κ1) is 72.0. The van der Waals surface area contributed by atoms with Gasteiger partial charge in [0.2, 0.25) is 12.8 Å². The van der Waals surface area contributed by atoms with Gasteiger partial charge in [0.15, 0.2) is 1.05 Å². The van der Waals surface area contributed by atoms with Gasteiger partial charge in [-0.25, -0.2) is 14.9 Å². The fraction of sp³-hybridized carbons (Fsp3) is 0.133. The van der Waals surface area contributed by atoms with Crippen molar-refractivity contribution in [1.82, 2.24) is 15.0 Å². The van der Waals surface area contributed by atoms with Crippen LogP contribution < -0.4 is 25.7 Å². The first-order chi connectivity index (χ1) is 28.3. The second kappa shape index (κ2) is 45.8. The number of alkyl halides is 6. The Labute approximate surface area is 472 Å². The van der Waals surface area contributed by atoms with Crippen molar-refractivity contribution in [2.45, 2.75) is 30.8 Å². The number of nitrogens with zero attached hydrogens (tertiary/aromatic N) is 5. The molecule has 19 heteroatoms. The van der Waals surface area contributed by atoms with E-state index in [0.29, 0.717) is 18.6 Å². The number of imide groups is 1. The summed E-state index contributed by atoms with van der Waals surface area (Å²) in [4.78, 5) is 34.9. The summed E-state index contributed by atoms with van der Waals surface area (Å²) in [6.07, 6.45) is 11.3. The molecule has 0 fully saturated rings. The van der Waals surface area contributed by atoms with Gasteiger partial charge >= 0.3 is 0 Å². The van der Waals surface area contributed by atoms with Crippen molar-refractivity contribution < 1.29 is 29.1 Å². The van der Waals surface area contributed by atoms with E-state index in [-0.39, 0.29) is 55.6 Å². The van der Waals surface area contributed by atoms with Gasteiger partial charge in [0, 0.05) is 56.7 Å². The Balaban J connectivity index is -0.000000233. The largest absolute Gasteiger partial charge is 0.305 e. The fourth-order valence-electron chi connectivity index (χ4n) is 4.02. The normalized spacial score (nSPS) is 8.80. The molecular formula is C45H50Br8Cl2N5O2PZn. The van der Waals surface area contributed by atoms with E-state index < -0.39 is 7.92 Å². The summed E-state index contributed by atoms with van der Waals surface area (Å²) in [5, 5.41) is 4.39. The minimum absolute atomic E-state index is 0. The number of benzene rings is 3. The van der Waals surface area contributed by atoms with Gasteiger partial charge in [0.05, 0.1) is 12.1 Å². The molecule has 344 valence electrons. The van der Waals surface area contributed by atoms with Gasteiger partial charge in [-0.05, 0) is 188 Å². The van der Waals surface area contributed by atoms with Crippen LogP contribution in [0.3, 0.4) is 0 Å². The zero-order valence-corrected chi connectivity index (χ0v) is 49.2. The summed E-state index contributed by atoms with van der Waals surface area (Å²) in [7, 11) is -0.446. The Hall–Kier alpha value is -0.997. The molecule has 0 bridgehead atoms. The number of anilines is 2. The van der Waals surface area contributed by atoms with Crippen LogP contribution in [0.25, 0.3) is 0 Å². The average Bonchev–Trinajstić information content (AvgIpc) is 3.24. The van der Waals surface area contributed by atoms with Crippen LogP contribution in [0, 0.1) is 0 Å². The fourth-order valence-corrected chi connectivity index (χ4v) is 7.20. The number of carbonyl (C=O) groups is 2. The summed E-state index contributed by atoms with van der Waals surface area (Å²) < 4.78 is 1.41. The van der Waals surface area contributed by atoms with E-state index in [4.69, 9.17) is 23.2 Å². The minimum atomic E-state index is -0.446. The van der Waals surface area contributed by atoms with Crippen LogP contribution in [0.1, 0.15) is 29.7 Å². The number of hydrogen-bond donors (Lipinski definition) is 0. The molecule has 0 unspecified atom stereocenters. The van der Waals surface area contributed by atoms with Gasteiger partial charge in [-0.2, -0.15) is 0 Å². The van der Waals surface area contributed by atoms with Gasteiger partial charge in [-0.15, -0.1) is 23.2 Å². The molecule has 3 aromatic heterocycles. The molecule has 3 heterocycles. The summed E-state index contributed by atoms with van der Waals surface area (Å²) in [6, 6.07) is 48.7. The quantitative estimate of drug-likeness (QED) is 0.0621. The van der Waals surface area contributed by atoms with Gasteiger partial charge in [-0.3, -0.25) is 14.6 Å². The standard InChI is InChI=1S/C18H15P.C9H6Br4N2.C7H6N2O2.C5H5N.CBr4.CH2Cl2.4CH4.Zn/c1-4-10-16(11-5-1)19(17-12-6-2-7-13-17)18-14-8-3-9-15-18;10-7(11)5-15(6-8(12)13)9-3-1-2-4-14-9;10-5-9(6-11)7-3-1-2-4-8-7;1-2-4-6-5-3-1;2-1(3,4)5;2-1-3;;;;;/h1-15H;1-6H;1-6H;1-5H;;1H2;4*1H4;. The Bertz CT molecular complexity index is 1870. The van der Waals surface area contributed by atoms with Crippen molar-refractivity contribution in [2.75, 3.05) is 15.1 Å². The molecule has 0 radical (unpaired) electrons. The molecule has 0 atom stereocenters. The SMILES string of the molecule is BrC(Br)(Br)Br.BrC(Br)=CN(C=C(Br)Br)c1ccccn1.C.C.C.C.ClCCl.O=CN(C=O)c1ccccn1.[Zn].c1ccc(P(c2ccccc2)c2ccccc2)cc1.c1ccncc1. The topological polar surface area (TPSA) is 79.3 Å². The predicted molar refractivity (Wildman–Crippen MR) is 309 cm³/mol. The van der Waals surface area contributed by atoms with Gasteiger partial charge < -0.3 is 4.90 Å². The van der Waals surface area contributed by atoms with E-state index in [1.54, 1.807) is 36.8 Å². The number of pyridine rings is 3. The average molecular weight is 1500 g/mol. The first-order valence-electron chi connectivity index (χ1n) is 16.4. The third-order valence-corrected chi connectivity index (χ3v) is 9.40. The number of amides is 2. The zero-order chi connectivity index (χ0) is 43.7.